The molecule has 32 heavy (non-hydrogen) atoms. The highest BCUT2D eigenvalue weighted by molar-refractivity contribution is 7.91. The molecule has 3 N–H and O–H groups in total. The van der Waals surface area contributed by atoms with Crippen LogP contribution in [0, 0.1) is 0 Å². The van der Waals surface area contributed by atoms with Gasteiger partial charge in [0, 0.05) is 19.6 Å². The highest BCUT2D eigenvalue weighted by Gasteiger charge is 2.27. The van der Waals surface area contributed by atoms with Gasteiger partial charge in [-0.25, -0.2) is 8.42 Å². The van der Waals surface area contributed by atoms with Gasteiger partial charge in [-0.2, -0.15) is 4.31 Å². The number of nitrogens with zero attached hydrogens (tertiary/aromatic N) is 1. The van der Waals surface area contributed by atoms with Crippen LogP contribution in [0.2, 0.25) is 0 Å². The second-order valence-corrected chi connectivity index (χ2v) is 10.2. The maximum Gasteiger partial charge on any atom is 0.253 e. The number of hydrogen-bond acceptors (Lipinski definition) is 6. The van der Waals surface area contributed by atoms with Crippen molar-refractivity contribution < 1.29 is 17.9 Å². The van der Waals surface area contributed by atoms with Crippen LogP contribution in [0.5, 0.6) is 5.75 Å². The van der Waals surface area contributed by atoms with Gasteiger partial charge in [-0.1, -0.05) is 48.5 Å². The van der Waals surface area contributed by atoms with Gasteiger partial charge in [0.25, 0.3) is 10.0 Å². The Labute approximate surface area is 192 Å². The van der Waals surface area contributed by atoms with E-state index in [0.717, 1.165) is 28.0 Å². The van der Waals surface area contributed by atoms with Crippen LogP contribution >= 0.6 is 11.3 Å². The molecule has 0 radical (unpaired) electrons. The number of para-hydroxylation sites is 1. The van der Waals surface area contributed by atoms with Crippen molar-refractivity contribution >= 4 is 27.3 Å². The molecule has 3 aromatic rings. The molecule has 1 aromatic heterocycles. The van der Waals surface area contributed by atoms with E-state index in [0.29, 0.717) is 25.3 Å². The lowest BCUT2D eigenvalue weighted by Crippen LogP contribution is -2.41. The number of benzene rings is 2. The smallest absolute Gasteiger partial charge is 0.253 e. The number of amides is 1. The Morgan fingerprint density at radius 3 is 2.44 bits per heavy atom. The molecule has 9 heteroatoms. The first kappa shape index (κ1) is 23.9. The number of rotatable bonds is 11. The maximum atomic E-state index is 13.2. The van der Waals surface area contributed by atoms with E-state index in [1.54, 1.807) is 24.6 Å². The van der Waals surface area contributed by atoms with E-state index in [-0.39, 0.29) is 23.2 Å². The van der Waals surface area contributed by atoms with E-state index in [1.165, 1.54) is 4.31 Å². The lowest BCUT2D eigenvalue weighted by atomic mass is 10.1. The van der Waals surface area contributed by atoms with E-state index in [1.807, 2.05) is 48.5 Å². The zero-order valence-electron chi connectivity index (χ0n) is 17.9. The predicted molar refractivity (Wildman–Crippen MR) is 126 cm³/mol. The summed E-state index contributed by atoms with van der Waals surface area (Å²) < 4.78 is 33.1. The van der Waals surface area contributed by atoms with Crippen molar-refractivity contribution in [3.05, 3.63) is 82.7 Å². The Morgan fingerprint density at radius 1 is 1.06 bits per heavy atom. The van der Waals surface area contributed by atoms with Crippen LogP contribution in [0.1, 0.15) is 16.7 Å². The third-order valence-electron chi connectivity index (χ3n) is 4.98. The number of sulfonamides is 1. The van der Waals surface area contributed by atoms with Crippen LogP contribution in [0.25, 0.3) is 0 Å². The Kier molecular flexibility index (Phi) is 8.40. The zero-order chi connectivity index (χ0) is 23.0. The van der Waals surface area contributed by atoms with E-state index in [9.17, 15) is 13.2 Å². The highest BCUT2D eigenvalue weighted by atomic mass is 32.2. The fraction of sp³-hybridized carbons (Fsp3) is 0.261. The molecule has 0 saturated heterocycles. The van der Waals surface area contributed by atoms with Crippen molar-refractivity contribution in [1.82, 2.24) is 9.62 Å². The van der Waals surface area contributed by atoms with Crippen molar-refractivity contribution in [1.29, 1.82) is 0 Å². The van der Waals surface area contributed by atoms with E-state index < -0.39 is 10.0 Å². The van der Waals surface area contributed by atoms with Gasteiger partial charge >= 0.3 is 0 Å². The molecule has 0 aliphatic heterocycles. The van der Waals surface area contributed by atoms with E-state index in [2.05, 4.69) is 5.32 Å². The zero-order valence-corrected chi connectivity index (χ0v) is 19.5. The van der Waals surface area contributed by atoms with Gasteiger partial charge in [-0.05, 0) is 40.6 Å². The molecule has 2 aromatic carbocycles. The lowest BCUT2D eigenvalue weighted by Gasteiger charge is -2.21. The Morgan fingerprint density at radius 2 is 1.78 bits per heavy atom. The molecule has 0 bridgehead atoms. The second-order valence-electron chi connectivity index (χ2n) is 7.13. The number of methoxy groups -OCH3 is 1. The summed E-state index contributed by atoms with van der Waals surface area (Å²) in [6.45, 7) is 0.646. The average Bonchev–Trinajstić information content (AvgIpc) is 3.37. The fourth-order valence-electron chi connectivity index (χ4n) is 3.19. The van der Waals surface area contributed by atoms with Crippen LogP contribution in [0.3, 0.4) is 0 Å². The van der Waals surface area contributed by atoms with Gasteiger partial charge in [-0.3, -0.25) is 4.79 Å². The van der Waals surface area contributed by atoms with E-state index >= 15 is 0 Å². The van der Waals surface area contributed by atoms with Gasteiger partial charge < -0.3 is 15.8 Å². The summed E-state index contributed by atoms with van der Waals surface area (Å²) in [5.41, 5.74) is 8.40. The van der Waals surface area contributed by atoms with Crippen LogP contribution in [-0.2, 0) is 34.3 Å². The number of ether oxygens (including phenoxy) is 1. The molecule has 0 unspecified atom stereocenters. The van der Waals surface area contributed by atoms with Crippen molar-refractivity contribution in [3.63, 3.8) is 0 Å². The standard InChI is InChI=1S/C23H27N3O4S2/c1-30-21-6-3-2-5-20(21)12-13-26(32(28,29)23-7-4-14-31-23)17-22(27)25-16-19-10-8-18(15-24)9-11-19/h2-11,14H,12-13,15-17,24H2,1H3,(H,25,27). The average molecular weight is 474 g/mol. The number of hydrogen-bond donors (Lipinski definition) is 2. The number of nitrogens with two attached hydrogens (primary N) is 1. The third-order valence-corrected chi connectivity index (χ3v) is 8.20. The summed E-state index contributed by atoms with van der Waals surface area (Å²) in [5, 5.41) is 4.51. The lowest BCUT2D eigenvalue weighted by molar-refractivity contribution is -0.121. The number of carbonyl (C=O) groups excluding carboxylic acids is 1. The first-order valence-electron chi connectivity index (χ1n) is 10.1. The summed E-state index contributed by atoms with van der Waals surface area (Å²) in [6.07, 6.45) is 0.419. The van der Waals surface area contributed by atoms with Crippen LogP contribution in [0.4, 0.5) is 0 Å². The van der Waals surface area contributed by atoms with Gasteiger partial charge in [0.1, 0.15) is 9.96 Å². The normalized spacial score (nSPS) is 11.5. The van der Waals surface area contributed by atoms with Gasteiger partial charge in [0.15, 0.2) is 0 Å². The van der Waals surface area contributed by atoms with Crippen LogP contribution in [-0.4, -0.2) is 38.8 Å². The molecular weight excluding hydrogens is 446 g/mol. The van der Waals surface area contributed by atoms with Gasteiger partial charge in [0.2, 0.25) is 5.91 Å². The molecule has 3 rings (SSSR count). The summed E-state index contributed by atoms with van der Waals surface area (Å²) in [4.78, 5) is 12.6. The second kappa shape index (κ2) is 11.2. The summed E-state index contributed by atoms with van der Waals surface area (Å²) in [7, 11) is -2.22. The van der Waals surface area contributed by atoms with Crippen molar-refractivity contribution in [2.75, 3.05) is 20.2 Å². The Bertz CT molecular complexity index is 1110. The summed E-state index contributed by atoms with van der Waals surface area (Å²) in [5.74, 6) is 0.319. The predicted octanol–water partition coefficient (Wildman–Crippen LogP) is 2.77. The SMILES string of the molecule is COc1ccccc1CCN(CC(=O)NCc1ccc(CN)cc1)S(=O)(=O)c1cccs1. The van der Waals surface area contributed by atoms with Crippen molar-refractivity contribution in [3.8, 4) is 5.75 Å². The first-order valence-corrected chi connectivity index (χ1v) is 12.5. The number of carbonyl (C=O) groups is 1. The van der Waals surface area contributed by atoms with Gasteiger partial charge in [0.05, 0.1) is 13.7 Å². The molecule has 0 saturated carbocycles. The highest BCUT2D eigenvalue weighted by Crippen LogP contribution is 2.23. The minimum Gasteiger partial charge on any atom is -0.496 e. The topological polar surface area (TPSA) is 102 Å². The molecular formula is C23H27N3O4S2. The molecule has 0 atom stereocenters. The molecule has 0 aliphatic rings. The van der Waals surface area contributed by atoms with Crippen LogP contribution < -0.4 is 15.8 Å². The minimum atomic E-state index is -3.80. The largest absolute Gasteiger partial charge is 0.496 e. The first-order chi connectivity index (χ1) is 15.4. The van der Waals surface area contributed by atoms with Crippen LogP contribution in [0.15, 0.2) is 70.3 Å². The fourth-order valence-corrected chi connectivity index (χ4v) is 5.73. The molecule has 1 heterocycles. The monoisotopic (exact) mass is 473 g/mol. The number of nitrogens with one attached hydrogen (secondary N) is 1. The molecule has 0 fully saturated rings. The summed E-state index contributed by atoms with van der Waals surface area (Å²) in [6, 6.07) is 18.3. The molecule has 7 nitrogen and oxygen atoms in total. The molecule has 0 spiro atoms. The minimum absolute atomic E-state index is 0.152. The third kappa shape index (κ3) is 6.17. The van der Waals surface area contributed by atoms with Crippen molar-refractivity contribution in [2.24, 2.45) is 5.73 Å². The Balaban J connectivity index is 1.70. The molecule has 170 valence electrons. The van der Waals surface area contributed by atoms with E-state index in [4.69, 9.17) is 10.5 Å². The number of thiophene rings is 1. The quantitative estimate of drug-likeness (QED) is 0.446. The molecule has 1 amide bonds. The van der Waals surface area contributed by atoms with Gasteiger partial charge in [-0.15, -0.1) is 11.3 Å². The molecule has 0 aliphatic carbocycles. The Hall–Kier alpha value is -2.72. The maximum absolute atomic E-state index is 13.2. The van der Waals surface area contributed by atoms with Crippen molar-refractivity contribution in [2.45, 2.75) is 23.7 Å². The summed E-state index contributed by atoms with van der Waals surface area (Å²) >= 11 is 1.13.